The van der Waals surface area contributed by atoms with E-state index in [0.29, 0.717) is 6.61 Å². The molecule has 0 rings (SSSR count). The molecular formula is C22H40O2. The van der Waals surface area contributed by atoms with Gasteiger partial charge in [-0.15, -0.1) is 0 Å². The molecule has 0 aliphatic rings. The van der Waals surface area contributed by atoms with E-state index in [-0.39, 0.29) is 5.97 Å². The van der Waals surface area contributed by atoms with Gasteiger partial charge in [-0.3, -0.25) is 0 Å². The zero-order valence-corrected chi connectivity index (χ0v) is 16.1. The first-order valence-corrected chi connectivity index (χ1v) is 10.3. The Kier molecular flexibility index (Phi) is 19.1. The van der Waals surface area contributed by atoms with Crippen molar-refractivity contribution in [2.75, 3.05) is 6.61 Å². The summed E-state index contributed by atoms with van der Waals surface area (Å²) in [6.45, 7) is 6.17. The zero-order chi connectivity index (χ0) is 17.7. The van der Waals surface area contributed by atoms with Gasteiger partial charge in [0.2, 0.25) is 0 Å². The molecule has 0 bridgehead atoms. The number of hydrogen-bond acceptors (Lipinski definition) is 2. The van der Waals surface area contributed by atoms with Crippen LogP contribution in [0.3, 0.4) is 0 Å². The molecule has 0 heterocycles. The van der Waals surface area contributed by atoms with Crippen molar-refractivity contribution in [1.29, 1.82) is 0 Å². The maximum Gasteiger partial charge on any atom is 0.330 e. The Morgan fingerprint density at radius 2 is 1.21 bits per heavy atom. The molecule has 0 N–H and O–H groups in total. The van der Waals surface area contributed by atoms with E-state index in [0.717, 1.165) is 12.8 Å². The van der Waals surface area contributed by atoms with Crippen LogP contribution in [0.15, 0.2) is 24.8 Å². The van der Waals surface area contributed by atoms with Crippen molar-refractivity contribution in [3.05, 3.63) is 24.8 Å². The highest BCUT2D eigenvalue weighted by Gasteiger charge is 1.96. The number of rotatable bonds is 18. The fourth-order valence-electron chi connectivity index (χ4n) is 2.74. The van der Waals surface area contributed by atoms with Crippen molar-refractivity contribution in [2.45, 2.75) is 103 Å². The maximum absolute atomic E-state index is 10.8. The molecule has 2 nitrogen and oxygen atoms in total. The summed E-state index contributed by atoms with van der Waals surface area (Å²) in [5.74, 6) is -0.303. The summed E-state index contributed by atoms with van der Waals surface area (Å²) in [6, 6.07) is 0. The largest absolute Gasteiger partial charge is 0.463 e. The second kappa shape index (κ2) is 20.0. The minimum Gasteiger partial charge on any atom is -0.463 e. The summed E-state index contributed by atoms with van der Waals surface area (Å²) in [6.07, 6.45) is 25.5. The van der Waals surface area contributed by atoms with E-state index in [9.17, 15) is 4.79 Å². The van der Waals surface area contributed by atoms with Gasteiger partial charge in [-0.05, 0) is 25.7 Å². The van der Waals surface area contributed by atoms with E-state index < -0.39 is 0 Å². The fourth-order valence-corrected chi connectivity index (χ4v) is 2.74. The second-order valence-corrected chi connectivity index (χ2v) is 6.66. The highest BCUT2D eigenvalue weighted by molar-refractivity contribution is 5.81. The van der Waals surface area contributed by atoms with Crippen LogP contribution < -0.4 is 0 Å². The van der Waals surface area contributed by atoms with Crippen LogP contribution in [0.1, 0.15) is 103 Å². The smallest absolute Gasteiger partial charge is 0.330 e. The summed E-state index contributed by atoms with van der Waals surface area (Å²) in [4.78, 5) is 10.8. The van der Waals surface area contributed by atoms with Crippen molar-refractivity contribution in [3.8, 4) is 0 Å². The van der Waals surface area contributed by atoms with E-state index in [2.05, 4.69) is 25.7 Å². The summed E-state index contributed by atoms with van der Waals surface area (Å²) >= 11 is 0. The normalized spacial score (nSPS) is 11.0. The zero-order valence-electron chi connectivity index (χ0n) is 16.1. The molecule has 0 radical (unpaired) electrons. The Labute approximate surface area is 150 Å². The first-order chi connectivity index (χ1) is 11.8. The quantitative estimate of drug-likeness (QED) is 0.115. The third kappa shape index (κ3) is 19.0. The van der Waals surface area contributed by atoms with Gasteiger partial charge in [-0.1, -0.05) is 96.3 Å². The number of carbonyl (C=O) groups is 1. The average Bonchev–Trinajstić information content (AvgIpc) is 2.60. The Balaban J connectivity index is 3.06. The minimum absolute atomic E-state index is 0.303. The predicted molar refractivity (Wildman–Crippen MR) is 105 cm³/mol. The van der Waals surface area contributed by atoms with Gasteiger partial charge in [-0.2, -0.15) is 0 Å². The molecule has 0 aromatic rings. The number of ether oxygens (including phenoxy) is 1. The van der Waals surface area contributed by atoms with Crippen LogP contribution >= 0.6 is 0 Å². The molecule has 2 heteroatoms. The van der Waals surface area contributed by atoms with E-state index >= 15 is 0 Å². The fraction of sp³-hybridized carbons (Fsp3) is 0.773. The predicted octanol–water partition coefficient (Wildman–Crippen LogP) is 7.14. The molecule has 0 unspecified atom stereocenters. The number of carbonyl (C=O) groups excluding carboxylic acids is 1. The Bertz CT molecular complexity index is 307. The number of hydrogen-bond donors (Lipinski definition) is 0. The summed E-state index contributed by atoms with van der Waals surface area (Å²) in [7, 11) is 0. The monoisotopic (exact) mass is 336 g/mol. The molecule has 0 spiro atoms. The summed E-state index contributed by atoms with van der Waals surface area (Å²) < 4.78 is 4.95. The molecular weight excluding hydrogens is 296 g/mol. The molecule has 0 atom stereocenters. The van der Waals surface area contributed by atoms with E-state index in [1.807, 2.05) is 0 Å². The SMILES string of the molecule is C=CC(=O)OCCCCCCCCCCCCC/C=C/CCCC. The Hall–Kier alpha value is -1.05. The molecule has 0 aromatic heterocycles. The highest BCUT2D eigenvalue weighted by Crippen LogP contribution is 2.12. The van der Waals surface area contributed by atoms with Crippen molar-refractivity contribution >= 4 is 5.97 Å². The van der Waals surface area contributed by atoms with Gasteiger partial charge in [0.1, 0.15) is 0 Å². The van der Waals surface area contributed by atoms with Gasteiger partial charge < -0.3 is 4.74 Å². The van der Waals surface area contributed by atoms with Crippen molar-refractivity contribution in [3.63, 3.8) is 0 Å². The molecule has 0 saturated heterocycles. The molecule has 0 amide bonds. The molecule has 140 valence electrons. The highest BCUT2D eigenvalue weighted by atomic mass is 16.5. The van der Waals surface area contributed by atoms with Gasteiger partial charge in [0.15, 0.2) is 0 Å². The summed E-state index contributed by atoms with van der Waals surface area (Å²) in [5, 5.41) is 0. The van der Waals surface area contributed by atoms with Crippen LogP contribution in [0.2, 0.25) is 0 Å². The molecule has 24 heavy (non-hydrogen) atoms. The number of allylic oxidation sites excluding steroid dienone is 2. The van der Waals surface area contributed by atoms with E-state index in [1.165, 1.54) is 89.5 Å². The van der Waals surface area contributed by atoms with Gasteiger partial charge in [-0.25, -0.2) is 4.79 Å². The lowest BCUT2D eigenvalue weighted by atomic mass is 10.1. The van der Waals surface area contributed by atoms with Gasteiger partial charge in [0, 0.05) is 6.08 Å². The topological polar surface area (TPSA) is 26.3 Å². The van der Waals surface area contributed by atoms with Crippen LogP contribution in [0.25, 0.3) is 0 Å². The van der Waals surface area contributed by atoms with Crippen LogP contribution in [-0.2, 0) is 9.53 Å². The summed E-state index contributed by atoms with van der Waals surface area (Å²) in [5.41, 5.74) is 0. The molecule has 0 fully saturated rings. The first kappa shape index (κ1) is 22.9. The van der Waals surface area contributed by atoms with E-state index in [4.69, 9.17) is 4.74 Å². The number of unbranched alkanes of at least 4 members (excludes halogenated alkanes) is 13. The third-order valence-corrected chi connectivity index (χ3v) is 4.32. The van der Waals surface area contributed by atoms with Crippen LogP contribution in [0.4, 0.5) is 0 Å². The van der Waals surface area contributed by atoms with Gasteiger partial charge in [0.05, 0.1) is 6.61 Å². The molecule has 0 aromatic carbocycles. The van der Waals surface area contributed by atoms with E-state index in [1.54, 1.807) is 0 Å². The second-order valence-electron chi connectivity index (χ2n) is 6.66. The standard InChI is InChI=1S/C22H40O2/c1-3-5-6-7-8-9-10-11-12-13-14-15-16-17-18-19-20-21-24-22(23)4-2/h4,7-8H,2-3,5-6,9-21H2,1H3/b8-7+. The molecule has 0 saturated carbocycles. The van der Waals surface area contributed by atoms with Crippen molar-refractivity contribution in [2.24, 2.45) is 0 Å². The van der Waals surface area contributed by atoms with Crippen LogP contribution in [0.5, 0.6) is 0 Å². The third-order valence-electron chi connectivity index (χ3n) is 4.32. The molecule has 0 aliphatic carbocycles. The first-order valence-electron chi connectivity index (χ1n) is 10.3. The van der Waals surface area contributed by atoms with Crippen LogP contribution in [0, 0.1) is 0 Å². The lowest BCUT2D eigenvalue weighted by Gasteiger charge is -2.03. The van der Waals surface area contributed by atoms with Crippen LogP contribution in [-0.4, -0.2) is 12.6 Å². The van der Waals surface area contributed by atoms with Gasteiger partial charge in [0.25, 0.3) is 0 Å². The van der Waals surface area contributed by atoms with Crippen molar-refractivity contribution in [1.82, 2.24) is 0 Å². The Morgan fingerprint density at radius 3 is 1.71 bits per heavy atom. The number of esters is 1. The minimum atomic E-state index is -0.303. The lowest BCUT2D eigenvalue weighted by molar-refractivity contribution is -0.137. The maximum atomic E-state index is 10.8. The van der Waals surface area contributed by atoms with Crippen molar-refractivity contribution < 1.29 is 9.53 Å². The van der Waals surface area contributed by atoms with Gasteiger partial charge >= 0.3 is 5.97 Å². The average molecular weight is 337 g/mol. The molecule has 0 aliphatic heterocycles. The Morgan fingerprint density at radius 1 is 0.750 bits per heavy atom. The lowest BCUT2D eigenvalue weighted by Crippen LogP contribution is -2.01.